The van der Waals surface area contributed by atoms with Crippen LogP contribution in [0.3, 0.4) is 0 Å². The fourth-order valence-electron chi connectivity index (χ4n) is 4.24. The Morgan fingerprint density at radius 3 is 2.52 bits per heavy atom. The number of rotatable bonds is 5. The van der Waals surface area contributed by atoms with Gasteiger partial charge in [0.15, 0.2) is 0 Å². The molecule has 0 spiro atoms. The van der Waals surface area contributed by atoms with Crippen LogP contribution in [0.5, 0.6) is 0 Å². The van der Waals surface area contributed by atoms with Gasteiger partial charge in [0.1, 0.15) is 6.04 Å². The van der Waals surface area contributed by atoms with Crippen LogP contribution in [0.4, 0.5) is 10.1 Å². The van der Waals surface area contributed by atoms with E-state index in [1.54, 1.807) is 24.3 Å². The van der Waals surface area contributed by atoms with E-state index in [0.29, 0.717) is 21.7 Å². The van der Waals surface area contributed by atoms with E-state index in [4.69, 9.17) is 11.6 Å². The van der Waals surface area contributed by atoms with Gasteiger partial charge in [0.05, 0.1) is 15.8 Å². The zero-order valence-corrected chi connectivity index (χ0v) is 18.5. The average molecular weight is 475 g/mol. The molecule has 0 unspecified atom stereocenters. The number of aliphatic hydroxyl groups is 1. The Balaban J connectivity index is 1.67. The molecular weight excluding hydrogens is 455 g/mol. The molecule has 0 bridgehead atoms. The molecule has 1 saturated heterocycles. The summed E-state index contributed by atoms with van der Waals surface area (Å²) in [6, 6.07) is 7.85. The highest BCUT2D eigenvalue weighted by atomic mass is 35.5. The molecule has 2 heterocycles. The van der Waals surface area contributed by atoms with Crippen molar-refractivity contribution in [2.24, 2.45) is 0 Å². The van der Waals surface area contributed by atoms with Gasteiger partial charge >= 0.3 is 5.69 Å². The van der Waals surface area contributed by atoms with Crippen molar-refractivity contribution in [3.05, 3.63) is 74.7 Å². The SMILES string of the molecule is CN1C(=O)[C@](O)(Cc2ccc(Cl)cc2)N(C)C(=O)[C@@H]1Cc1c[nH]c2ccc(F)c([N+](=O)[O-])c12. The number of likely N-dealkylation sites (N-methyl/N-ethyl adjacent to an activating group) is 2. The molecule has 1 aliphatic heterocycles. The first-order chi connectivity index (χ1) is 15.5. The highest BCUT2D eigenvalue weighted by Crippen LogP contribution is 2.34. The Bertz CT molecular complexity index is 1280. The van der Waals surface area contributed by atoms with Gasteiger partial charge in [0, 0.05) is 38.2 Å². The molecule has 0 radical (unpaired) electrons. The lowest BCUT2D eigenvalue weighted by Gasteiger charge is -2.47. The number of benzene rings is 2. The number of hydrogen-bond acceptors (Lipinski definition) is 5. The minimum atomic E-state index is -2.12. The quantitative estimate of drug-likeness (QED) is 0.435. The van der Waals surface area contributed by atoms with Crippen molar-refractivity contribution in [2.45, 2.75) is 24.6 Å². The molecule has 0 saturated carbocycles. The van der Waals surface area contributed by atoms with Crippen molar-refractivity contribution >= 4 is 40.0 Å². The number of nitro benzene ring substituents is 1. The summed E-state index contributed by atoms with van der Waals surface area (Å²) in [6.07, 6.45) is 1.20. The number of fused-ring (bicyclic) bond motifs is 1. The van der Waals surface area contributed by atoms with Gasteiger partial charge < -0.3 is 19.9 Å². The summed E-state index contributed by atoms with van der Waals surface area (Å²) in [4.78, 5) is 42.0. The normalized spacial score (nSPS) is 21.2. The minimum absolute atomic E-state index is 0.0401. The number of nitrogens with one attached hydrogen (secondary N) is 1. The van der Waals surface area contributed by atoms with Crippen molar-refractivity contribution in [1.82, 2.24) is 14.8 Å². The number of nitrogens with zero attached hydrogens (tertiary/aromatic N) is 3. The Hall–Kier alpha value is -3.50. The number of piperazine rings is 1. The third-order valence-electron chi connectivity index (χ3n) is 6.11. The molecule has 4 rings (SSSR count). The highest BCUT2D eigenvalue weighted by Gasteiger charge is 2.53. The maximum atomic E-state index is 14.2. The van der Waals surface area contributed by atoms with Crippen molar-refractivity contribution in [3.63, 3.8) is 0 Å². The summed E-state index contributed by atoms with van der Waals surface area (Å²) >= 11 is 5.89. The lowest BCUT2D eigenvalue weighted by Crippen LogP contribution is -2.70. The summed E-state index contributed by atoms with van der Waals surface area (Å²) in [6.45, 7) is 0. The number of aromatic nitrogens is 1. The van der Waals surface area contributed by atoms with Crippen molar-refractivity contribution < 1.29 is 24.0 Å². The van der Waals surface area contributed by atoms with E-state index >= 15 is 0 Å². The number of hydrogen-bond donors (Lipinski definition) is 2. The molecule has 2 atom stereocenters. The van der Waals surface area contributed by atoms with Crippen LogP contribution in [0.1, 0.15) is 11.1 Å². The minimum Gasteiger partial charge on any atom is -0.363 e. The maximum Gasteiger partial charge on any atom is 0.314 e. The molecule has 1 fully saturated rings. The number of amides is 2. The molecule has 2 N–H and O–H groups in total. The number of aromatic amines is 1. The van der Waals surface area contributed by atoms with Crippen molar-refractivity contribution in [2.75, 3.05) is 14.1 Å². The topological polar surface area (TPSA) is 120 Å². The molecule has 172 valence electrons. The van der Waals surface area contributed by atoms with E-state index < -0.39 is 40.0 Å². The lowest BCUT2D eigenvalue weighted by molar-refractivity contribution is -0.385. The second kappa shape index (κ2) is 8.13. The van der Waals surface area contributed by atoms with Crippen LogP contribution in [-0.2, 0) is 22.4 Å². The summed E-state index contributed by atoms with van der Waals surface area (Å²) < 4.78 is 14.2. The molecule has 2 amide bonds. The number of H-pyrrole nitrogens is 1. The molecular formula is C22H20ClFN4O5. The number of carbonyl (C=O) groups is 2. The van der Waals surface area contributed by atoms with E-state index in [-0.39, 0.29) is 18.2 Å². The molecule has 2 aromatic carbocycles. The van der Waals surface area contributed by atoms with E-state index in [1.807, 2.05) is 0 Å². The van der Waals surface area contributed by atoms with E-state index in [9.17, 15) is 29.2 Å². The van der Waals surface area contributed by atoms with Crippen molar-refractivity contribution in [1.29, 1.82) is 0 Å². The fraction of sp³-hybridized carbons (Fsp3) is 0.273. The van der Waals surface area contributed by atoms with Gasteiger partial charge in [-0.1, -0.05) is 23.7 Å². The van der Waals surface area contributed by atoms with Gasteiger partial charge in [-0.15, -0.1) is 0 Å². The largest absolute Gasteiger partial charge is 0.363 e. The van der Waals surface area contributed by atoms with Crippen LogP contribution in [0, 0.1) is 15.9 Å². The third-order valence-corrected chi connectivity index (χ3v) is 6.36. The lowest BCUT2D eigenvalue weighted by atomic mass is 9.92. The third kappa shape index (κ3) is 3.70. The van der Waals surface area contributed by atoms with Crippen LogP contribution >= 0.6 is 11.6 Å². The van der Waals surface area contributed by atoms with Crippen LogP contribution in [-0.4, -0.2) is 62.5 Å². The summed E-state index contributed by atoms with van der Waals surface area (Å²) in [5, 5.41) is 23.2. The first-order valence-corrected chi connectivity index (χ1v) is 10.4. The predicted octanol–water partition coefficient (Wildman–Crippen LogP) is 2.64. The smallest absolute Gasteiger partial charge is 0.314 e. The second-order valence-electron chi connectivity index (χ2n) is 8.04. The van der Waals surface area contributed by atoms with E-state index in [1.165, 1.54) is 26.4 Å². The predicted molar refractivity (Wildman–Crippen MR) is 118 cm³/mol. The van der Waals surface area contributed by atoms with Crippen LogP contribution in [0.15, 0.2) is 42.6 Å². The monoisotopic (exact) mass is 474 g/mol. The fourth-order valence-corrected chi connectivity index (χ4v) is 4.37. The van der Waals surface area contributed by atoms with Gasteiger partial charge in [0.25, 0.3) is 5.91 Å². The van der Waals surface area contributed by atoms with Crippen LogP contribution < -0.4 is 0 Å². The molecule has 3 aromatic rings. The van der Waals surface area contributed by atoms with Gasteiger partial charge in [0.2, 0.25) is 17.4 Å². The molecule has 11 heteroatoms. The van der Waals surface area contributed by atoms with E-state index in [0.717, 1.165) is 15.9 Å². The second-order valence-corrected chi connectivity index (χ2v) is 8.48. The zero-order chi connectivity index (χ0) is 24.1. The van der Waals surface area contributed by atoms with E-state index in [2.05, 4.69) is 4.98 Å². The first-order valence-electron chi connectivity index (χ1n) is 9.99. The Kier molecular flexibility index (Phi) is 5.59. The molecule has 1 aliphatic rings. The van der Waals surface area contributed by atoms with Gasteiger partial charge in [-0.2, -0.15) is 4.39 Å². The first kappa shape index (κ1) is 22.7. The summed E-state index contributed by atoms with van der Waals surface area (Å²) in [5.74, 6) is -2.26. The molecule has 9 nitrogen and oxygen atoms in total. The Morgan fingerprint density at radius 1 is 1.21 bits per heavy atom. The van der Waals surface area contributed by atoms with Crippen molar-refractivity contribution in [3.8, 4) is 0 Å². The Labute approximate surface area is 192 Å². The molecule has 0 aliphatic carbocycles. The summed E-state index contributed by atoms with van der Waals surface area (Å²) in [7, 11) is 2.71. The zero-order valence-electron chi connectivity index (χ0n) is 17.7. The Morgan fingerprint density at radius 2 is 1.88 bits per heavy atom. The average Bonchev–Trinajstić information content (AvgIpc) is 3.18. The molecule has 33 heavy (non-hydrogen) atoms. The van der Waals surface area contributed by atoms with Crippen LogP contribution in [0.25, 0.3) is 10.9 Å². The number of carbonyl (C=O) groups excluding carboxylic acids is 2. The standard InChI is InChI=1S/C22H20ClFN4O5/c1-26-17(9-13-11-25-16-8-7-15(24)19(18(13)16)28(32)33)20(29)27(2)22(31,21(26)30)10-12-3-5-14(23)6-4-12/h3-8,11,17,25,31H,9-10H2,1-2H3/t17-,22+/m0/s1. The van der Waals surface area contributed by atoms with Crippen LogP contribution in [0.2, 0.25) is 5.02 Å². The maximum absolute atomic E-state index is 14.2. The van der Waals surface area contributed by atoms with Gasteiger partial charge in [-0.3, -0.25) is 19.7 Å². The van der Waals surface area contributed by atoms with Gasteiger partial charge in [-0.25, -0.2) is 0 Å². The molecule has 1 aromatic heterocycles. The highest BCUT2D eigenvalue weighted by molar-refractivity contribution is 6.30. The summed E-state index contributed by atoms with van der Waals surface area (Å²) in [5.41, 5.74) is -1.57. The van der Waals surface area contributed by atoms with Gasteiger partial charge in [-0.05, 0) is 35.4 Å². The number of nitro groups is 1. The number of halogens is 2.